The van der Waals surface area contributed by atoms with Crippen molar-refractivity contribution in [2.75, 3.05) is 26.2 Å². The minimum atomic E-state index is 0. The third kappa shape index (κ3) is 3.36. The summed E-state index contributed by atoms with van der Waals surface area (Å²) in [6.07, 6.45) is 10.3. The van der Waals surface area contributed by atoms with Gasteiger partial charge in [-0.05, 0) is 50.6 Å². The van der Waals surface area contributed by atoms with E-state index in [1.807, 2.05) is 0 Å². The molecule has 0 radical (unpaired) electrons. The van der Waals surface area contributed by atoms with E-state index in [2.05, 4.69) is 10.2 Å². The molecule has 3 rings (SSSR count). The molecule has 2 atom stereocenters. The number of fused-ring (bicyclic) bond motifs is 1. The Bertz CT molecular complexity index is 228. The van der Waals surface area contributed by atoms with Crippen LogP contribution in [0.5, 0.6) is 0 Å². The molecule has 3 aliphatic rings. The molecule has 3 fully saturated rings. The van der Waals surface area contributed by atoms with Crippen molar-refractivity contribution in [3.63, 3.8) is 0 Å². The van der Waals surface area contributed by atoms with E-state index in [0.717, 1.165) is 17.9 Å². The Hall–Kier alpha value is 0.210. The van der Waals surface area contributed by atoms with Gasteiger partial charge in [0.25, 0.3) is 0 Å². The number of nitrogens with one attached hydrogen (secondary N) is 1. The lowest BCUT2D eigenvalue weighted by Crippen LogP contribution is -2.46. The van der Waals surface area contributed by atoms with Crippen LogP contribution in [0, 0.1) is 11.8 Å². The lowest BCUT2D eigenvalue weighted by Gasteiger charge is -2.37. The average molecular weight is 259 g/mol. The fourth-order valence-electron chi connectivity index (χ4n) is 4.02. The summed E-state index contributed by atoms with van der Waals surface area (Å²) in [5, 5.41) is 3.66. The van der Waals surface area contributed by atoms with E-state index >= 15 is 0 Å². The van der Waals surface area contributed by atoms with Crippen molar-refractivity contribution in [1.82, 2.24) is 10.2 Å². The minimum absolute atomic E-state index is 0. The van der Waals surface area contributed by atoms with Gasteiger partial charge in [-0.1, -0.05) is 19.3 Å². The molecule has 1 saturated carbocycles. The highest BCUT2D eigenvalue weighted by molar-refractivity contribution is 5.85. The van der Waals surface area contributed by atoms with Gasteiger partial charge in [-0.15, -0.1) is 12.4 Å². The first-order valence-corrected chi connectivity index (χ1v) is 7.37. The molecule has 2 aliphatic heterocycles. The first kappa shape index (κ1) is 13.6. The van der Waals surface area contributed by atoms with Gasteiger partial charge in [0.1, 0.15) is 0 Å². The number of likely N-dealkylation sites (tertiary alicyclic amines) is 1. The van der Waals surface area contributed by atoms with E-state index in [9.17, 15) is 0 Å². The average Bonchev–Trinajstić information content (AvgIpc) is 2.77. The van der Waals surface area contributed by atoms with Crippen LogP contribution >= 0.6 is 12.4 Å². The maximum atomic E-state index is 3.66. The van der Waals surface area contributed by atoms with Crippen LogP contribution in [0.25, 0.3) is 0 Å². The van der Waals surface area contributed by atoms with Gasteiger partial charge in [0, 0.05) is 19.1 Å². The number of piperidine rings is 1. The maximum Gasteiger partial charge on any atom is 0.0120 e. The van der Waals surface area contributed by atoms with E-state index in [0.29, 0.717) is 0 Å². The zero-order valence-electron chi connectivity index (χ0n) is 10.9. The van der Waals surface area contributed by atoms with Crippen molar-refractivity contribution in [2.45, 2.75) is 51.0 Å². The summed E-state index contributed by atoms with van der Waals surface area (Å²) in [5.41, 5.74) is 0. The smallest absolute Gasteiger partial charge is 0.0120 e. The molecule has 0 bridgehead atoms. The van der Waals surface area contributed by atoms with Crippen molar-refractivity contribution in [3.8, 4) is 0 Å². The Kier molecular flexibility index (Phi) is 5.13. The molecule has 17 heavy (non-hydrogen) atoms. The fraction of sp³-hybridized carbons (Fsp3) is 1.00. The van der Waals surface area contributed by atoms with Gasteiger partial charge in [0.15, 0.2) is 0 Å². The van der Waals surface area contributed by atoms with Gasteiger partial charge in [-0.25, -0.2) is 0 Å². The van der Waals surface area contributed by atoms with Crippen molar-refractivity contribution < 1.29 is 0 Å². The molecular weight excluding hydrogens is 232 g/mol. The second-order valence-electron chi connectivity index (χ2n) is 6.16. The highest BCUT2D eigenvalue weighted by Gasteiger charge is 2.33. The molecule has 2 nitrogen and oxygen atoms in total. The summed E-state index contributed by atoms with van der Waals surface area (Å²) in [6, 6.07) is 0.864. The largest absolute Gasteiger partial charge is 0.314 e. The quantitative estimate of drug-likeness (QED) is 0.819. The first-order valence-electron chi connectivity index (χ1n) is 7.37. The number of nitrogens with zero attached hydrogens (tertiary/aromatic N) is 1. The standard InChI is InChI=1S/C14H26N2.ClH/c1-2-4-12(5-3-1)10-16-9-7-14-13(11-16)6-8-15-14;/h12-15H,1-11H2;1H. The molecule has 1 aliphatic carbocycles. The summed E-state index contributed by atoms with van der Waals surface area (Å²) < 4.78 is 0. The van der Waals surface area contributed by atoms with Crippen LogP contribution in [0.3, 0.4) is 0 Å². The van der Waals surface area contributed by atoms with Crippen LogP contribution in [0.2, 0.25) is 0 Å². The first-order chi connectivity index (χ1) is 7.92. The lowest BCUT2D eigenvalue weighted by atomic mass is 9.87. The molecule has 0 aromatic rings. The third-order valence-corrected chi connectivity index (χ3v) is 4.98. The highest BCUT2D eigenvalue weighted by atomic mass is 35.5. The number of hydrogen-bond donors (Lipinski definition) is 1. The van der Waals surface area contributed by atoms with Gasteiger partial charge < -0.3 is 10.2 Å². The molecule has 2 unspecified atom stereocenters. The zero-order chi connectivity index (χ0) is 10.8. The molecule has 1 N–H and O–H groups in total. The predicted molar refractivity (Wildman–Crippen MR) is 74.8 cm³/mol. The van der Waals surface area contributed by atoms with E-state index in [-0.39, 0.29) is 12.4 Å². The van der Waals surface area contributed by atoms with E-state index in [4.69, 9.17) is 0 Å². The van der Waals surface area contributed by atoms with E-state index in [1.165, 1.54) is 71.1 Å². The molecule has 2 heterocycles. The maximum absolute atomic E-state index is 3.66. The Morgan fingerprint density at radius 3 is 2.65 bits per heavy atom. The van der Waals surface area contributed by atoms with Crippen LogP contribution in [0.1, 0.15) is 44.9 Å². The summed E-state index contributed by atoms with van der Waals surface area (Å²) in [5.74, 6) is 2.00. The SMILES string of the molecule is C1CCC(CN2CCC3NCCC3C2)CC1.Cl. The molecule has 3 heteroatoms. The molecule has 0 aromatic carbocycles. The Morgan fingerprint density at radius 2 is 1.82 bits per heavy atom. The van der Waals surface area contributed by atoms with Crippen molar-refractivity contribution in [1.29, 1.82) is 0 Å². The number of rotatable bonds is 2. The molecule has 100 valence electrons. The van der Waals surface area contributed by atoms with Gasteiger partial charge in [-0.2, -0.15) is 0 Å². The van der Waals surface area contributed by atoms with Crippen LogP contribution < -0.4 is 5.32 Å². The van der Waals surface area contributed by atoms with Gasteiger partial charge >= 0.3 is 0 Å². The fourth-order valence-corrected chi connectivity index (χ4v) is 4.02. The molecule has 0 aromatic heterocycles. The van der Waals surface area contributed by atoms with Crippen LogP contribution in [-0.4, -0.2) is 37.1 Å². The van der Waals surface area contributed by atoms with Crippen molar-refractivity contribution in [3.05, 3.63) is 0 Å². The van der Waals surface area contributed by atoms with Crippen molar-refractivity contribution >= 4 is 12.4 Å². The molecule has 2 saturated heterocycles. The predicted octanol–water partition coefficient (Wildman–Crippen LogP) is 2.67. The summed E-state index contributed by atoms with van der Waals surface area (Å²) >= 11 is 0. The number of hydrogen-bond acceptors (Lipinski definition) is 2. The van der Waals surface area contributed by atoms with Gasteiger partial charge in [-0.3, -0.25) is 0 Å². The molecular formula is C14H27ClN2. The Labute approximate surface area is 112 Å². The monoisotopic (exact) mass is 258 g/mol. The topological polar surface area (TPSA) is 15.3 Å². The Morgan fingerprint density at radius 1 is 1.00 bits per heavy atom. The second-order valence-corrected chi connectivity index (χ2v) is 6.16. The van der Waals surface area contributed by atoms with Crippen LogP contribution in [-0.2, 0) is 0 Å². The molecule has 0 spiro atoms. The Balaban J connectivity index is 0.00000108. The van der Waals surface area contributed by atoms with Crippen LogP contribution in [0.4, 0.5) is 0 Å². The van der Waals surface area contributed by atoms with Crippen LogP contribution in [0.15, 0.2) is 0 Å². The molecule has 0 amide bonds. The summed E-state index contributed by atoms with van der Waals surface area (Å²) in [7, 11) is 0. The highest BCUT2D eigenvalue weighted by Crippen LogP contribution is 2.28. The summed E-state index contributed by atoms with van der Waals surface area (Å²) in [6.45, 7) is 5.41. The van der Waals surface area contributed by atoms with E-state index < -0.39 is 0 Å². The lowest BCUT2D eigenvalue weighted by molar-refractivity contribution is 0.129. The third-order valence-electron chi connectivity index (χ3n) is 4.98. The second kappa shape index (κ2) is 6.40. The van der Waals surface area contributed by atoms with Gasteiger partial charge in [0.05, 0.1) is 0 Å². The summed E-state index contributed by atoms with van der Waals surface area (Å²) in [4.78, 5) is 2.77. The minimum Gasteiger partial charge on any atom is -0.314 e. The number of halogens is 1. The van der Waals surface area contributed by atoms with Gasteiger partial charge in [0.2, 0.25) is 0 Å². The zero-order valence-corrected chi connectivity index (χ0v) is 11.7. The van der Waals surface area contributed by atoms with Crippen molar-refractivity contribution in [2.24, 2.45) is 11.8 Å². The normalized spacial score (nSPS) is 35.3. The van der Waals surface area contributed by atoms with E-state index in [1.54, 1.807) is 0 Å².